The third-order valence-electron chi connectivity index (χ3n) is 2.67. The van der Waals surface area contributed by atoms with E-state index in [1.54, 1.807) is 31.2 Å². The van der Waals surface area contributed by atoms with Crippen LogP contribution in [0.1, 0.15) is 19.7 Å². The van der Waals surface area contributed by atoms with Crippen LogP contribution in [0.25, 0.3) is 0 Å². The van der Waals surface area contributed by atoms with Crippen LogP contribution in [0.5, 0.6) is 5.75 Å². The van der Waals surface area contributed by atoms with Gasteiger partial charge in [0.1, 0.15) is 11.6 Å². The van der Waals surface area contributed by atoms with Gasteiger partial charge in [0.15, 0.2) is 5.03 Å². The van der Waals surface area contributed by atoms with E-state index in [0.29, 0.717) is 29.8 Å². The van der Waals surface area contributed by atoms with Crippen LogP contribution in [0.3, 0.4) is 0 Å². The highest BCUT2D eigenvalue weighted by molar-refractivity contribution is 7.92. The van der Waals surface area contributed by atoms with E-state index in [1.807, 2.05) is 13.8 Å². The van der Waals surface area contributed by atoms with Gasteiger partial charge in [-0.15, -0.1) is 0 Å². The molecule has 0 aliphatic heterocycles. The molecule has 0 aliphatic carbocycles. The van der Waals surface area contributed by atoms with Gasteiger partial charge >= 0.3 is 0 Å². The van der Waals surface area contributed by atoms with Gasteiger partial charge < -0.3 is 9.72 Å². The number of nitrogens with one attached hydrogen (secondary N) is 2. The zero-order chi connectivity index (χ0) is 15.5. The lowest BCUT2D eigenvalue weighted by molar-refractivity contribution is 0.272. The Hall–Kier alpha value is -2.02. The number of benzene rings is 1. The maximum absolute atomic E-state index is 12.3. The van der Waals surface area contributed by atoms with Crippen molar-refractivity contribution in [2.45, 2.75) is 25.8 Å². The summed E-state index contributed by atoms with van der Waals surface area (Å²) in [5, 5.41) is 0.0265. The Morgan fingerprint density at radius 2 is 2.05 bits per heavy atom. The summed E-state index contributed by atoms with van der Waals surface area (Å²) >= 11 is 0. The molecular formula is C14H19N3O3S. The zero-order valence-electron chi connectivity index (χ0n) is 12.3. The normalized spacial score (nSPS) is 11.6. The monoisotopic (exact) mass is 309 g/mol. The lowest BCUT2D eigenvalue weighted by Crippen LogP contribution is -2.15. The zero-order valence-corrected chi connectivity index (χ0v) is 13.1. The van der Waals surface area contributed by atoms with Crippen LogP contribution < -0.4 is 9.46 Å². The standard InChI is InChI=1S/C14H19N3O3S/c1-10(2)9-20-13-7-5-4-6-12(13)17-21(18,19)14-8-15-11(3)16-14/h4-8,10,17H,9H2,1-3H3,(H,15,16). The van der Waals surface area contributed by atoms with E-state index in [2.05, 4.69) is 14.7 Å². The Kier molecular flexibility index (Phi) is 4.52. The second-order valence-electron chi connectivity index (χ2n) is 5.14. The summed E-state index contributed by atoms with van der Waals surface area (Å²) < 4.78 is 32.7. The molecule has 0 unspecified atom stereocenters. The van der Waals surface area contributed by atoms with Crippen LogP contribution in [0.15, 0.2) is 35.5 Å². The molecule has 0 bridgehead atoms. The maximum atomic E-state index is 12.3. The van der Waals surface area contributed by atoms with Gasteiger partial charge in [0, 0.05) is 0 Å². The fraction of sp³-hybridized carbons (Fsp3) is 0.357. The first kappa shape index (κ1) is 15.4. The fourth-order valence-electron chi connectivity index (χ4n) is 1.67. The third-order valence-corrected chi connectivity index (χ3v) is 3.95. The van der Waals surface area contributed by atoms with Crippen molar-refractivity contribution in [1.29, 1.82) is 0 Å². The molecule has 0 fully saturated rings. The van der Waals surface area contributed by atoms with Crippen molar-refractivity contribution in [3.05, 3.63) is 36.3 Å². The molecular weight excluding hydrogens is 290 g/mol. The topological polar surface area (TPSA) is 84.1 Å². The number of aromatic amines is 1. The number of anilines is 1. The number of hydrogen-bond acceptors (Lipinski definition) is 4. The summed E-state index contributed by atoms with van der Waals surface area (Å²) in [4.78, 5) is 6.60. The van der Waals surface area contributed by atoms with E-state index in [9.17, 15) is 8.42 Å². The van der Waals surface area contributed by atoms with Crippen molar-refractivity contribution < 1.29 is 13.2 Å². The first-order chi connectivity index (χ1) is 9.88. The van der Waals surface area contributed by atoms with Gasteiger partial charge in [0.2, 0.25) is 0 Å². The van der Waals surface area contributed by atoms with E-state index >= 15 is 0 Å². The number of hydrogen-bond donors (Lipinski definition) is 2. The first-order valence-electron chi connectivity index (χ1n) is 6.65. The van der Waals surface area contributed by atoms with Crippen molar-refractivity contribution in [2.24, 2.45) is 5.92 Å². The number of aryl methyl sites for hydroxylation is 1. The largest absolute Gasteiger partial charge is 0.491 e. The molecule has 7 heteroatoms. The highest BCUT2D eigenvalue weighted by atomic mass is 32.2. The maximum Gasteiger partial charge on any atom is 0.279 e. The minimum Gasteiger partial charge on any atom is -0.491 e. The molecule has 0 spiro atoms. The third kappa shape index (κ3) is 3.98. The molecule has 0 saturated heterocycles. The van der Waals surface area contributed by atoms with Crippen LogP contribution in [-0.4, -0.2) is 25.0 Å². The smallest absolute Gasteiger partial charge is 0.279 e. The molecule has 1 aromatic carbocycles. The van der Waals surface area contributed by atoms with E-state index in [-0.39, 0.29) is 5.03 Å². The van der Waals surface area contributed by atoms with Gasteiger partial charge in [-0.25, -0.2) is 4.98 Å². The Balaban J connectivity index is 2.23. The van der Waals surface area contributed by atoms with Crippen LogP contribution in [0.2, 0.25) is 0 Å². The van der Waals surface area contributed by atoms with Crippen LogP contribution >= 0.6 is 0 Å². The van der Waals surface area contributed by atoms with Gasteiger partial charge in [-0.2, -0.15) is 8.42 Å². The summed E-state index contributed by atoms with van der Waals surface area (Å²) in [6.45, 7) is 6.26. The summed E-state index contributed by atoms with van der Waals surface area (Å²) in [6, 6.07) is 6.95. The second kappa shape index (κ2) is 6.17. The van der Waals surface area contributed by atoms with Crippen LogP contribution in [0, 0.1) is 12.8 Å². The van der Waals surface area contributed by atoms with E-state index < -0.39 is 10.0 Å². The number of nitrogens with zero attached hydrogens (tertiary/aromatic N) is 1. The summed E-state index contributed by atoms with van der Waals surface area (Å²) in [5.41, 5.74) is 0.408. The highest BCUT2D eigenvalue weighted by Crippen LogP contribution is 2.26. The minimum atomic E-state index is -3.70. The molecule has 114 valence electrons. The molecule has 1 aromatic heterocycles. The van der Waals surface area contributed by atoms with Gasteiger partial charge in [0.05, 0.1) is 18.5 Å². The molecule has 0 radical (unpaired) electrons. The molecule has 2 rings (SSSR count). The molecule has 2 N–H and O–H groups in total. The van der Waals surface area contributed by atoms with Crippen molar-refractivity contribution in [3.63, 3.8) is 0 Å². The fourth-order valence-corrected chi connectivity index (χ4v) is 2.71. The van der Waals surface area contributed by atoms with Gasteiger partial charge in [-0.05, 0) is 25.0 Å². The molecule has 21 heavy (non-hydrogen) atoms. The van der Waals surface area contributed by atoms with Gasteiger partial charge in [0.25, 0.3) is 10.0 Å². The number of H-pyrrole nitrogens is 1. The number of imidazole rings is 1. The lowest BCUT2D eigenvalue weighted by Gasteiger charge is -2.14. The van der Waals surface area contributed by atoms with Crippen molar-refractivity contribution in [1.82, 2.24) is 9.97 Å². The number of sulfonamides is 1. The average molecular weight is 309 g/mol. The quantitative estimate of drug-likeness (QED) is 0.859. The molecule has 0 aliphatic rings. The predicted octanol–water partition coefficient (Wildman–Crippen LogP) is 2.55. The molecule has 0 atom stereocenters. The first-order valence-corrected chi connectivity index (χ1v) is 8.13. The van der Waals surface area contributed by atoms with Crippen molar-refractivity contribution in [3.8, 4) is 5.75 Å². The van der Waals surface area contributed by atoms with Crippen LogP contribution in [0.4, 0.5) is 5.69 Å². The van der Waals surface area contributed by atoms with Crippen molar-refractivity contribution in [2.75, 3.05) is 11.3 Å². The van der Waals surface area contributed by atoms with Crippen molar-refractivity contribution >= 4 is 15.7 Å². The Morgan fingerprint density at radius 3 is 2.67 bits per heavy atom. The SMILES string of the molecule is Cc1ncc(S(=O)(=O)Nc2ccccc2OCC(C)C)[nH]1. The second-order valence-corrected chi connectivity index (χ2v) is 6.79. The number of para-hydroxylation sites is 2. The molecule has 2 aromatic rings. The Bertz CT molecular complexity index is 708. The summed E-state index contributed by atoms with van der Waals surface area (Å²) in [5.74, 6) is 1.40. The predicted molar refractivity (Wildman–Crippen MR) is 80.9 cm³/mol. The van der Waals surface area contributed by atoms with Gasteiger partial charge in [-0.1, -0.05) is 26.0 Å². The Labute approximate surface area is 124 Å². The number of aromatic nitrogens is 2. The van der Waals surface area contributed by atoms with Gasteiger partial charge in [-0.3, -0.25) is 4.72 Å². The number of ether oxygens (including phenoxy) is 1. The lowest BCUT2D eigenvalue weighted by atomic mass is 10.2. The van der Waals surface area contributed by atoms with Crippen LogP contribution in [-0.2, 0) is 10.0 Å². The highest BCUT2D eigenvalue weighted by Gasteiger charge is 2.18. The minimum absolute atomic E-state index is 0.0265. The molecule has 0 amide bonds. The Morgan fingerprint density at radius 1 is 1.33 bits per heavy atom. The average Bonchev–Trinajstić information content (AvgIpc) is 2.85. The molecule has 1 heterocycles. The van der Waals surface area contributed by atoms with E-state index in [0.717, 1.165) is 0 Å². The summed E-state index contributed by atoms with van der Waals surface area (Å²) in [6.07, 6.45) is 1.29. The number of rotatable bonds is 6. The summed E-state index contributed by atoms with van der Waals surface area (Å²) in [7, 11) is -3.70. The van der Waals surface area contributed by atoms with E-state index in [1.165, 1.54) is 6.20 Å². The molecule has 6 nitrogen and oxygen atoms in total. The molecule has 0 saturated carbocycles. The van der Waals surface area contributed by atoms with E-state index in [4.69, 9.17) is 4.74 Å².